The second kappa shape index (κ2) is 8.64. The van der Waals surface area contributed by atoms with Crippen LogP contribution < -0.4 is 0 Å². The lowest BCUT2D eigenvalue weighted by Crippen LogP contribution is -2.39. The number of hydrogen-bond acceptors (Lipinski definition) is 3. The molecule has 0 aliphatic heterocycles. The summed E-state index contributed by atoms with van der Waals surface area (Å²) in [5, 5.41) is 6.20. The molecule has 0 saturated heterocycles. The molecule has 2 aliphatic carbocycles. The maximum atomic E-state index is 13.3. The van der Waals surface area contributed by atoms with Crippen LogP contribution in [0.4, 0.5) is 0 Å². The van der Waals surface area contributed by atoms with E-state index in [2.05, 4.69) is 40.8 Å². The minimum Gasteiger partial charge on any atom is -0.385 e. The first-order valence-corrected chi connectivity index (χ1v) is 11.0. The van der Waals surface area contributed by atoms with E-state index in [9.17, 15) is 4.79 Å². The van der Waals surface area contributed by atoms with Crippen LogP contribution >= 0.6 is 0 Å². The van der Waals surface area contributed by atoms with Crippen molar-refractivity contribution >= 4 is 16.8 Å². The molecule has 1 aromatic carbocycles. The average molecular weight is 384 g/mol. The summed E-state index contributed by atoms with van der Waals surface area (Å²) in [6, 6.07) is 8.90. The summed E-state index contributed by atoms with van der Waals surface area (Å²) in [7, 11) is 1.75. The third kappa shape index (κ3) is 3.95. The Bertz CT molecular complexity index is 805. The molecule has 1 heterocycles. The summed E-state index contributed by atoms with van der Waals surface area (Å²) < 4.78 is 7.30. The smallest absolute Gasteiger partial charge is 0.226 e. The summed E-state index contributed by atoms with van der Waals surface area (Å²) in [6.45, 7) is 3.85. The SMILES string of the molecule is COCCCCn1nc([C@@H](C)N(C(=O)C2CCCC2)C2CC2)c2ccccc21. The van der Waals surface area contributed by atoms with Gasteiger partial charge in [-0.1, -0.05) is 31.0 Å². The summed E-state index contributed by atoms with van der Waals surface area (Å²) in [4.78, 5) is 15.5. The van der Waals surface area contributed by atoms with Crippen LogP contribution in [0.3, 0.4) is 0 Å². The Labute approximate surface area is 168 Å². The van der Waals surface area contributed by atoms with E-state index in [0.29, 0.717) is 11.9 Å². The van der Waals surface area contributed by atoms with Gasteiger partial charge in [0.05, 0.1) is 17.3 Å². The van der Waals surface area contributed by atoms with E-state index in [1.165, 1.54) is 23.7 Å². The summed E-state index contributed by atoms with van der Waals surface area (Å²) >= 11 is 0. The first kappa shape index (κ1) is 19.4. The highest BCUT2D eigenvalue weighted by atomic mass is 16.5. The zero-order valence-corrected chi connectivity index (χ0v) is 17.3. The lowest BCUT2D eigenvalue weighted by Gasteiger charge is -2.31. The lowest BCUT2D eigenvalue weighted by atomic mass is 10.0. The molecule has 5 heteroatoms. The molecule has 1 atom stereocenters. The molecule has 2 aliphatic rings. The van der Waals surface area contributed by atoms with Gasteiger partial charge in [-0.25, -0.2) is 0 Å². The fourth-order valence-corrected chi connectivity index (χ4v) is 4.70. The fourth-order valence-electron chi connectivity index (χ4n) is 4.70. The van der Waals surface area contributed by atoms with Gasteiger partial charge >= 0.3 is 0 Å². The largest absolute Gasteiger partial charge is 0.385 e. The van der Waals surface area contributed by atoms with Crippen LogP contribution in [0.25, 0.3) is 10.9 Å². The zero-order chi connectivity index (χ0) is 19.5. The van der Waals surface area contributed by atoms with Crippen molar-refractivity contribution < 1.29 is 9.53 Å². The lowest BCUT2D eigenvalue weighted by molar-refractivity contribution is -0.138. The van der Waals surface area contributed by atoms with E-state index < -0.39 is 0 Å². The first-order valence-electron chi connectivity index (χ1n) is 11.0. The molecular weight excluding hydrogens is 350 g/mol. The number of hydrogen-bond donors (Lipinski definition) is 0. The van der Waals surface area contributed by atoms with Crippen molar-refractivity contribution in [3.63, 3.8) is 0 Å². The average Bonchev–Trinajstić information content (AvgIpc) is 3.26. The van der Waals surface area contributed by atoms with E-state index in [0.717, 1.165) is 57.4 Å². The minimum absolute atomic E-state index is 0.0331. The number of para-hydroxylation sites is 1. The molecule has 152 valence electrons. The second-order valence-corrected chi connectivity index (χ2v) is 8.46. The summed E-state index contributed by atoms with van der Waals surface area (Å²) in [5.74, 6) is 0.594. The minimum atomic E-state index is 0.0331. The van der Waals surface area contributed by atoms with Crippen molar-refractivity contribution in [2.24, 2.45) is 5.92 Å². The van der Waals surface area contributed by atoms with Gasteiger partial charge in [-0.15, -0.1) is 0 Å². The quantitative estimate of drug-likeness (QED) is 0.590. The van der Waals surface area contributed by atoms with Crippen LogP contribution in [-0.4, -0.2) is 40.3 Å². The summed E-state index contributed by atoms with van der Waals surface area (Å²) in [5.41, 5.74) is 2.23. The molecule has 2 saturated carbocycles. The molecule has 0 radical (unpaired) electrons. The van der Waals surface area contributed by atoms with Gasteiger partial charge in [-0.3, -0.25) is 9.48 Å². The van der Waals surface area contributed by atoms with Gasteiger partial charge in [0.1, 0.15) is 0 Å². The molecular formula is C23H33N3O2. The van der Waals surface area contributed by atoms with Gasteiger partial charge < -0.3 is 9.64 Å². The van der Waals surface area contributed by atoms with Gasteiger partial charge in [-0.2, -0.15) is 5.10 Å². The van der Waals surface area contributed by atoms with Crippen LogP contribution in [0.5, 0.6) is 0 Å². The Morgan fingerprint density at radius 1 is 1.21 bits per heavy atom. The number of amides is 1. The fraction of sp³-hybridized carbons (Fsp3) is 0.652. The molecule has 4 rings (SSSR count). The number of methoxy groups -OCH3 is 1. The Hall–Kier alpha value is -1.88. The van der Waals surface area contributed by atoms with Crippen molar-refractivity contribution in [2.45, 2.75) is 76.9 Å². The molecule has 0 N–H and O–H groups in total. The maximum absolute atomic E-state index is 13.3. The number of fused-ring (bicyclic) bond motifs is 1. The Morgan fingerprint density at radius 3 is 2.68 bits per heavy atom. The molecule has 2 fully saturated rings. The number of rotatable bonds is 9. The van der Waals surface area contributed by atoms with Crippen LogP contribution in [0.2, 0.25) is 0 Å². The molecule has 28 heavy (non-hydrogen) atoms. The molecule has 0 unspecified atom stereocenters. The van der Waals surface area contributed by atoms with Crippen molar-refractivity contribution in [3.05, 3.63) is 30.0 Å². The maximum Gasteiger partial charge on any atom is 0.226 e. The first-order chi connectivity index (χ1) is 13.7. The van der Waals surface area contributed by atoms with Gasteiger partial charge in [0.2, 0.25) is 5.91 Å². The van der Waals surface area contributed by atoms with Crippen LogP contribution in [0, 0.1) is 5.92 Å². The topological polar surface area (TPSA) is 47.4 Å². The standard InChI is InChI=1S/C23H33N3O2/c1-17(26(19-13-14-19)23(27)18-9-3-4-10-18)22-20-11-5-6-12-21(20)25(24-22)15-7-8-16-28-2/h5-6,11-12,17-19H,3-4,7-10,13-16H2,1-2H3/t17-/m1/s1. The van der Waals surface area contributed by atoms with Crippen molar-refractivity contribution in [1.29, 1.82) is 0 Å². The number of ether oxygens (including phenoxy) is 1. The van der Waals surface area contributed by atoms with Crippen LogP contribution in [0.1, 0.15) is 70.0 Å². The third-order valence-corrected chi connectivity index (χ3v) is 6.37. The summed E-state index contributed by atoms with van der Waals surface area (Å²) in [6.07, 6.45) is 8.86. The number of unbranched alkanes of at least 4 members (excludes halogenated alkanes) is 1. The number of aryl methyl sites for hydroxylation is 1. The molecule has 0 bridgehead atoms. The Morgan fingerprint density at radius 2 is 1.96 bits per heavy atom. The van der Waals surface area contributed by atoms with Crippen molar-refractivity contribution in [3.8, 4) is 0 Å². The van der Waals surface area contributed by atoms with Gasteiger partial charge in [0, 0.05) is 37.6 Å². The van der Waals surface area contributed by atoms with E-state index in [1.54, 1.807) is 7.11 Å². The highest BCUT2D eigenvalue weighted by molar-refractivity contribution is 5.84. The monoisotopic (exact) mass is 383 g/mol. The molecule has 2 aromatic rings. The van der Waals surface area contributed by atoms with Gasteiger partial charge in [0.15, 0.2) is 0 Å². The van der Waals surface area contributed by atoms with Gasteiger partial charge in [0.25, 0.3) is 0 Å². The number of benzene rings is 1. The Kier molecular flexibility index (Phi) is 6.00. The van der Waals surface area contributed by atoms with E-state index in [1.807, 2.05) is 0 Å². The molecule has 0 spiro atoms. The van der Waals surface area contributed by atoms with Gasteiger partial charge in [-0.05, 0) is 51.5 Å². The highest BCUT2D eigenvalue weighted by Crippen LogP contribution is 2.39. The number of nitrogens with zero attached hydrogens (tertiary/aromatic N) is 3. The van der Waals surface area contributed by atoms with Crippen molar-refractivity contribution in [1.82, 2.24) is 14.7 Å². The number of carbonyl (C=O) groups is 1. The predicted octanol–water partition coefficient (Wildman–Crippen LogP) is 4.71. The van der Waals surface area contributed by atoms with Crippen LogP contribution in [-0.2, 0) is 16.1 Å². The van der Waals surface area contributed by atoms with E-state index >= 15 is 0 Å². The van der Waals surface area contributed by atoms with Crippen molar-refractivity contribution in [2.75, 3.05) is 13.7 Å². The molecule has 5 nitrogen and oxygen atoms in total. The molecule has 1 amide bonds. The highest BCUT2D eigenvalue weighted by Gasteiger charge is 2.40. The van der Waals surface area contributed by atoms with Crippen LogP contribution in [0.15, 0.2) is 24.3 Å². The van der Waals surface area contributed by atoms with E-state index in [4.69, 9.17) is 9.84 Å². The molecule has 1 aromatic heterocycles. The third-order valence-electron chi connectivity index (χ3n) is 6.37. The number of carbonyl (C=O) groups excluding carboxylic acids is 1. The Balaban J connectivity index is 1.60. The predicted molar refractivity (Wildman–Crippen MR) is 111 cm³/mol. The normalized spacial score (nSPS) is 18.6. The second-order valence-electron chi connectivity index (χ2n) is 8.46. The zero-order valence-electron chi connectivity index (χ0n) is 17.3. The van der Waals surface area contributed by atoms with E-state index in [-0.39, 0.29) is 12.0 Å². The number of aromatic nitrogens is 2.